The number of rotatable bonds is 21. The highest BCUT2D eigenvalue weighted by Gasteiger charge is 2.58. The maximum absolute atomic E-state index is 6.24. The molecule has 0 fully saturated rings. The first kappa shape index (κ1) is 28.8. The molecule has 0 aromatic carbocycles. The van der Waals surface area contributed by atoms with Crippen molar-refractivity contribution in [2.24, 2.45) is 5.73 Å². The van der Waals surface area contributed by atoms with E-state index >= 15 is 0 Å². The van der Waals surface area contributed by atoms with Crippen molar-refractivity contribution < 1.29 is 23.7 Å². The van der Waals surface area contributed by atoms with E-state index in [1.165, 1.54) is 99.1 Å². The van der Waals surface area contributed by atoms with Gasteiger partial charge in [-0.25, -0.2) is 0 Å². The number of unbranched alkanes of at least 4 members (excludes halogenated alkanes) is 12. The average Bonchev–Trinajstić information content (AvgIpc) is 2.76. The van der Waals surface area contributed by atoms with Crippen molar-refractivity contribution >= 4 is 0 Å². The van der Waals surface area contributed by atoms with E-state index in [0.717, 1.165) is 19.3 Å². The fourth-order valence-corrected chi connectivity index (χ4v) is 4.03. The lowest BCUT2D eigenvalue weighted by molar-refractivity contribution is -0.412. The van der Waals surface area contributed by atoms with Gasteiger partial charge in [0.25, 0.3) is 11.7 Å². The molecule has 0 bridgehead atoms. The van der Waals surface area contributed by atoms with E-state index in [4.69, 9.17) is 29.4 Å². The van der Waals surface area contributed by atoms with Crippen LogP contribution < -0.4 is 5.73 Å². The summed E-state index contributed by atoms with van der Waals surface area (Å²) in [6, 6.07) is 0. The highest BCUT2D eigenvalue weighted by molar-refractivity contribution is 4.91. The molecule has 0 saturated carbocycles. The van der Waals surface area contributed by atoms with Gasteiger partial charge in [0, 0.05) is 35.5 Å². The average molecular weight is 420 g/mol. The molecule has 0 radical (unpaired) electrons. The summed E-state index contributed by atoms with van der Waals surface area (Å²) in [5.74, 6) is -2.91. The van der Waals surface area contributed by atoms with Crippen molar-refractivity contribution in [3.8, 4) is 0 Å². The van der Waals surface area contributed by atoms with Gasteiger partial charge in [0.15, 0.2) is 0 Å². The summed E-state index contributed by atoms with van der Waals surface area (Å²) in [6.07, 6.45) is 17.5. The van der Waals surface area contributed by atoms with Gasteiger partial charge in [-0.1, -0.05) is 90.4 Å². The van der Waals surface area contributed by atoms with Gasteiger partial charge in [-0.3, -0.25) is 5.73 Å². The highest BCUT2D eigenvalue weighted by Crippen LogP contribution is 2.34. The molecule has 176 valence electrons. The molecule has 2 N–H and O–H groups in total. The van der Waals surface area contributed by atoms with Gasteiger partial charge >= 0.3 is 0 Å². The van der Waals surface area contributed by atoms with E-state index in [2.05, 4.69) is 6.92 Å². The number of ether oxygens (including phenoxy) is 5. The van der Waals surface area contributed by atoms with E-state index < -0.39 is 17.8 Å². The van der Waals surface area contributed by atoms with Crippen LogP contribution in [0.15, 0.2) is 0 Å². The molecular weight excluding hydrogens is 370 g/mol. The van der Waals surface area contributed by atoms with Gasteiger partial charge in [-0.2, -0.15) is 0 Å². The molecule has 6 heteroatoms. The van der Waals surface area contributed by atoms with Gasteiger partial charge in [0.1, 0.15) is 6.10 Å². The van der Waals surface area contributed by atoms with Gasteiger partial charge in [0.2, 0.25) is 0 Å². The molecule has 0 rings (SSSR count). The predicted molar refractivity (Wildman–Crippen MR) is 119 cm³/mol. The smallest absolute Gasteiger partial charge is 0.284 e. The maximum Gasteiger partial charge on any atom is 0.284 e. The monoisotopic (exact) mass is 419 g/mol. The van der Waals surface area contributed by atoms with Crippen molar-refractivity contribution in [2.75, 3.05) is 35.5 Å². The molecule has 6 nitrogen and oxygen atoms in total. The first-order valence-electron chi connectivity index (χ1n) is 11.5. The minimum Gasteiger partial charge on any atom is -0.376 e. The van der Waals surface area contributed by atoms with E-state index in [-0.39, 0.29) is 0 Å². The van der Waals surface area contributed by atoms with E-state index in [1.54, 1.807) is 7.11 Å². The van der Waals surface area contributed by atoms with Crippen LogP contribution in [0.1, 0.15) is 96.8 Å². The Morgan fingerprint density at radius 1 is 0.586 bits per heavy atom. The Kier molecular flexibility index (Phi) is 17.3. The van der Waals surface area contributed by atoms with Crippen LogP contribution in [0.3, 0.4) is 0 Å². The first-order chi connectivity index (χ1) is 14.0. The topological polar surface area (TPSA) is 72.2 Å². The largest absolute Gasteiger partial charge is 0.376 e. The van der Waals surface area contributed by atoms with Crippen molar-refractivity contribution in [3.05, 3.63) is 0 Å². The predicted octanol–water partition coefficient (Wildman–Crippen LogP) is 5.38. The molecule has 0 aliphatic rings. The SMILES string of the molecule is CCCCCCCCCCCCCCCC(OC)C(OC)(OC)C(N)(OC)OC. The minimum absolute atomic E-state index is 0.407. The fraction of sp³-hybridized carbons (Fsp3) is 1.00. The number of nitrogens with two attached hydrogens (primary N) is 1. The molecule has 0 spiro atoms. The Morgan fingerprint density at radius 3 is 1.28 bits per heavy atom. The Bertz CT molecular complexity index is 359. The van der Waals surface area contributed by atoms with Gasteiger partial charge in [-0.05, 0) is 6.42 Å². The number of methoxy groups -OCH3 is 5. The van der Waals surface area contributed by atoms with Gasteiger partial charge in [0.05, 0.1) is 0 Å². The summed E-state index contributed by atoms with van der Waals surface area (Å²) >= 11 is 0. The zero-order chi connectivity index (χ0) is 22.0. The summed E-state index contributed by atoms with van der Waals surface area (Å²) in [6.45, 7) is 2.27. The third kappa shape index (κ3) is 9.62. The molecule has 29 heavy (non-hydrogen) atoms. The summed E-state index contributed by atoms with van der Waals surface area (Å²) in [5.41, 5.74) is 6.24. The third-order valence-electron chi connectivity index (χ3n) is 5.98. The standard InChI is InChI=1S/C23H49NO5/c1-7-8-9-10-11-12-13-14-15-16-17-18-19-20-21(25-2)22(26-3,27-4)23(24,28-5)29-6/h21H,7-20,24H2,1-6H3. The molecule has 0 saturated heterocycles. The van der Waals surface area contributed by atoms with Crippen LogP contribution >= 0.6 is 0 Å². The lowest BCUT2D eigenvalue weighted by Crippen LogP contribution is -2.70. The lowest BCUT2D eigenvalue weighted by atomic mass is 9.98. The molecule has 0 aromatic rings. The zero-order valence-electron chi connectivity index (χ0n) is 20.1. The zero-order valence-corrected chi connectivity index (χ0v) is 20.1. The highest BCUT2D eigenvalue weighted by atomic mass is 16.8. The second kappa shape index (κ2) is 17.4. The Hall–Kier alpha value is -0.240. The van der Waals surface area contributed by atoms with Crippen LogP contribution in [0, 0.1) is 0 Å². The molecule has 0 heterocycles. The molecule has 0 aliphatic heterocycles. The van der Waals surface area contributed by atoms with Crippen molar-refractivity contribution in [1.82, 2.24) is 0 Å². The van der Waals surface area contributed by atoms with Crippen LogP contribution in [-0.2, 0) is 23.7 Å². The number of hydrogen-bond donors (Lipinski definition) is 1. The van der Waals surface area contributed by atoms with Crippen LogP contribution in [0.4, 0.5) is 0 Å². The maximum atomic E-state index is 6.24. The fourth-order valence-electron chi connectivity index (χ4n) is 4.03. The Labute approximate surface area is 180 Å². The first-order valence-corrected chi connectivity index (χ1v) is 11.5. The summed E-state index contributed by atoms with van der Waals surface area (Å²) in [7, 11) is 7.62. The van der Waals surface area contributed by atoms with Crippen LogP contribution in [0.25, 0.3) is 0 Å². The van der Waals surface area contributed by atoms with Crippen LogP contribution in [0.2, 0.25) is 0 Å². The molecule has 0 aliphatic carbocycles. The second-order valence-electron chi connectivity index (χ2n) is 7.91. The Balaban J connectivity index is 4.08. The Morgan fingerprint density at radius 2 is 0.966 bits per heavy atom. The van der Waals surface area contributed by atoms with Crippen molar-refractivity contribution in [3.63, 3.8) is 0 Å². The molecule has 1 unspecified atom stereocenters. The van der Waals surface area contributed by atoms with E-state index in [9.17, 15) is 0 Å². The summed E-state index contributed by atoms with van der Waals surface area (Å²) in [5, 5.41) is 0. The van der Waals surface area contributed by atoms with Crippen molar-refractivity contribution in [2.45, 2.75) is 115 Å². The molecular formula is C23H49NO5. The van der Waals surface area contributed by atoms with Gasteiger partial charge in [-0.15, -0.1) is 0 Å². The third-order valence-corrected chi connectivity index (χ3v) is 5.98. The quantitative estimate of drug-likeness (QED) is 0.199. The molecule has 1 atom stereocenters. The van der Waals surface area contributed by atoms with Gasteiger partial charge < -0.3 is 23.7 Å². The number of hydrogen-bond acceptors (Lipinski definition) is 6. The summed E-state index contributed by atoms with van der Waals surface area (Å²) in [4.78, 5) is 0. The minimum atomic E-state index is -1.56. The van der Waals surface area contributed by atoms with Crippen LogP contribution in [0.5, 0.6) is 0 Å². The van der Waals surface area contributed by atoms with E-state index in [1.807, 2.05) is 0 Å². The van der Waals surface area contributed by atoms with E-state index in [0.29, 0.717) is 0 Å². The lowest BCUT2D eigenvalue weighted by Gasteiger charge is -2.46. The van der Waals surface area contributed by atoms with Crippen LogP contribution in [-0.4, -0.2) is 53.4 Å². The van der Waals surface area contributed by atoms with Crippen molar-refractivity contribution in [1.29, 1.82) is 0 Å². The normalized spacial score (nSPS) is 13.8. The molecule has 0 amide bonds. The second-order valence-corrected chi connectivity index (χ2v) is 7.91. The molecule has 0 aromatic heterocycles. The summed E-state index contributed by atoms with van der Waals surface area (Å²) < 4.78 is 27.6.